The molecule has 3 nitrogen and oxygen atoms in total. The maximum Gasteiger partial charge on any atom is 0.264 e. The zero-order valence-electron chi connectivity index (χ0n) is 5.67. The molecule has 1 heterocycles. The Bertz CT molecular complexity index is 200. The minimum atomic E-state index is -2.70. The second kappa shape index (κ2) is 3.43. The zero-order chi connectivity index (χ0) is 8.27. The fourth-order valence-corrected chi connectivity index (χ4v) is 0.708. The molecule has 0 bridgehead atoms. The van der Waals surface area contributed by atoms with E-state index in [1.165, 1.54) is 6.20 Å². The summed E-state index contributed by atoms with van der Waals surface area (Å²) in [7, 11) is 0. The highest BCUT2D eigenvalue weighted by molar-refractivity contribution is 4.99. The fraction of sp³-hybridized carbons (Fsp3) is 0.500. The summed E-state index contributed by atoms with van der Waals surface area (Å²) in [4.78, 5) is 0. The summed E-state index contributed by atoms with van der Waals surface area (Å²) in [5, 5.41) is 14.8. The number of aromatic amines is 1. The van der Waals surface area contributed by atoms with Gasteiger partial charge >= 0.3 is 0 Å². The monoisotopic (exact) mass is 162 g/mol. The summed E-state index contributed by atoms with van der Waals surface area (Å²) in [5.41, 5.74) is 0.442. The number of H-pyrrole nitrogens is 1. The maximum atomic E-state index is 11.7. The third kappa shape index (κ3) is 2.27. The Morgan fingerprint density at radius 3 is 2.82 bits per heavy atom. The Kier molecular flexibility index (Phi) is 2.53. The number of alkyl halides is 2. The Morgan fingerprint density at radius 2 is 2.36 bits per heavy atom. The van der Waals surface area contributed by atoms with Gasteiger partial charge in [0.15, 0.2) is 0 Å². The van der Waals surface area contributed by atoms with Gasteiger partial charge in [0.2, 0.25) is 0 Å². The van der Waals surface area contributed by atoms with Crippen molar-refractivity contribution in [1.82, 2.24) is 10.2 Å². The lowest BCUT2D eigenvalue weighted by molar-refractivity contribution is -0.00416. The van der Waals surface area contributed by atoms with Gasteiger partial charge in [0.25, 0.3) is 6.43 Å². The van der Waals surface area contributed by atoms with Crippen LogP contribution in [0.5, 0.6) is 0 Å². The van der Waals surface area contributed by atoms with Crippen LogP contribution in [0.1, 0.15) is 5.69 Å². The van der Waals surface area contributed by atoms with E-state index in [1.807, 2.05) is 0 Å². The van der Waals surface area contributed by atoms with E-state index >= 15 is 0 Å². The van der Waals surface area contributed by atoms with Crippen LogP contribution in [0.3, 0.4) is 0 Å². The van der Waals surface area contributed by atoms with Crippen LogP contribution in [0, 0.1) is 0 Å². The number of aromatic nitrogens is 2. The van der Waals surface area contributed by atoms with Crippen LogP contribution < -0.4 is 0 Å². The average Bonchev–Trinajstić information content (AvgIpc) is 2.39. The van der Waals surface area contributed by atoms with E-state index in [-0.39, 0.29) is 6.42 Å². The fourth-order valence-electron chi connectivity index (χ4n) is 0.708. The van der Waals surface area contributed by atoms with Gasteiger partial charge in [-0.3, -0.25) is 5.10 Å². The van der Waals surface area contributed by atoms with E-state index in [4.69, 9.17) is 5.11 Å². The van der Waals surface area contributed by atoms with E-state index in [0.717, 1.165) is 0 Å². The van der Waals surface area contributed by atoms with Crippen molar-refractivity contribution in [2.75, 3.05) is 0 Å². The lowest BCUT2D eigenvalue weighted by atomic mass is 10.2. The normalized spacial score (nSPS) is 13.8. The summed E-state index contributed by atoms with van der Waals surface area (Å²) in [6.45, 7) is 0. The number of hydrogen-bond donors (Lipinski definition) is 2. The number of nitrogens with zero attached hydrogens (tertiary/aromatic N) is 1. The SMILES string of the molecule is OC(Cc1cc[nH]n1)C(F)F. The first kappa shape index (κ1) is 8.13. The van der Waals surface area contributed by atoms with Gasteiger partial charge in [-0.05, 0) is 6.07 Å². The van der Waals surface area contributed by atoms with E-state index in [9.17, 15) is 8.78 Å². The van der Waals surface area contributed by atoms with E-state index in [2.05, 4.69) is 10.2 Å². The molecule has 0 fully saturated rings. The molecule has 1 aromatic heterocycles. The molecule has 0 amide bonds. The van der Waals surface area contributed by atoms with Crippen molar-refractivity contribution in [3.8, 4) is 0 Å². The zero-order valence-corrected chi connectivity index (χ0v) is 5.67. The van der Waals surface area contributed by atoms with Gasteiger partial charge in [-0.15, -0.1) is 0 Å². The topological polar surface area (TPSA) is 48.9 Å². The van der Waals surface area contributed by atoms with Crippen molar-refractivity contribution >= 4 is 0 Å². The molecular weight excluding hydrogens is 154 g/mol. The second-order valence-electron chi connectivity index (χ2n) is 2.17. The van der Waals surface area contributed by atoms with Crippen LogP contribution in [0.4, 0.5) is 8.78 Å². The minimum Gasteiger partial charge on any atom is -0.387 e. The summed E-state index contributed by atoms with van der Waals surface area (Å²) in [5.74, 6) is 0. The van der Waals surface area contributed by atoms with Crippen LogP contribution in [-0.2, 0) is 6.42 Å². The van der Waals surface area contributed by atoms with Crippen LogP contribution >= 0.6 is 0 Å². The quantitative estimate of drug-likeness (QED) is 0.682. The molecule has 62 valence electrons. The summed E-state index contributed by atoms with van der Waals surface area (Å²) >= 11 is 0. The molecule has 0 radical (unpaired) electrons. The summed E-state index contributed by atoms with van der Waals surface area (Å²) in [6, 6.07) is 1.55. The van der Waals surface area contributed by atoms with Gasteiger partial charge in [0.05, 0.1) is 5.69 Å². The smallest absolute Gasteiger partial charge is 0.264 e. The second-order valence-corrected chi connectivity index (χ2v) is 2.17. The highest BCUT2D eigenvalue weighted by Crippen LogP contribution is 2.06. The highest BCUT2D eigenvalue weighted by atomic mass is 19.3. The Hall–Kier alpha value is -0.970. The highest BCUT2D eigenvalue weighted by Gasteiger charge is 2.17. The largest absolute Gasteiger partial charge is 0.387 e. The number of halogens is 2. The molecule has 0 aliphatic rings. The predicted octanol–water partition coefficient (Wildman–Crippen LogP) is 0.578. The first-order valence-electron chi connectivity index (χ1n) is 3.15. The molecule has 11 heavy (non-hydrogen) atoms. The van der Waals surface area contributed by atoms with Crippen LogP contribution in [0.15, 0.2) is 12.3 Å². The minimum absolute atomic E-state index is 0.110. The first-order valence-corrected chi connectivity index (χ1v) is 3.15. The standard InChI is InChI=1S/C6H8F2N2O/c7-6(8)5(11)3-4-1-2-9-10-4/h1-2,5-6,11H,3H2,(H,9,10). The van der Waals surface area contributed by atoms with Crippen molar-refractivity contribution in [2.45, 2.75) is 19.0 Å². The van der Waals surface area contributed by atoms with Crippen molar-refractivity contribution in [3.63, 3.8) is 0 Å². The lowest BCUT2D eigenvalue weighted by Gasteiger charge is -2.05. The van der Waals surface area contributed by atoms with Crippen LogP contribution in [0.2, 0.25) is 0 Å². The van der Waals surface area contributed by atoms with Crippen LogP contribution in [0.25, 0.3) is 0 Å². The summed E-state index contributed by atoms with van der Waals surface area (Å²) in [6.07, 6.45) is -2.90. The number of hydrogen-bond acceptors (Lipinski definition) is 2. The molecule has 1 unspecified atom stereocenters. The van der Waals surface area contributed by atoms with Crippen molar-refractivity contribution in [3.05, 3.63) is 18.0 Å². The molecule has 0 saturated carbocycles. The van der Waals surface area contributed by atoms with E-state index < -0.39 is 12.5 Å². The van der Waals surface area contributed by atoms with Gasteiger partial charge in [0.1, 0.15) is 6.10 Å². The number of aliphatic hydroxyl groups excluding tert-OH is 1. The summed E-state index contributed by atoms with van der Waals surface area (Å²) < 4.78 is 23.5. The molecule has 0 saturated heterocycles. The third-order valence-electron chi connectivity index (χ3n) is 1.27. The number of rotatable bonds is 3. The number of aliphatic hydroxyl groups is 1. The average molecular weight is 162 g/mol. The van der Waals surface area contributed by atoms with E-state index in [1.54, 1.807) is 6.07 Å². The molecule has 0 aliphatic heterocycles. The Morgan fingerprint density at radius 1 is 1.64 bits per heavy atom. The maximum absolute atomic E-state index is 11.7. The third-order valence-corrected chi connectivity index (χ3v) is 1.27. The van der Waals surface area contributed by atoms with Crippen molar-refractivity contribution in [1.29, 1.82) is 0 Å². The Balaban J connectivity index is 2.43. The van der Waals surface area contributed by atoms with Gasteiger partial charge in [0, 0.05) is 12.6 Å². The molecule has 0 aromatic carbocycles. The van der Waals surface area contributed by atoms with Gasteiger partial charge in [-0.1, -0.05) is 0 Å². The lowest BCUT2D eigenvalue weighted by Crippen LogP contribution is -2.20. The Labute approximate surface area is 62.0 Å². The molecule has 0 spiro atoms. The molecule has 1 atom stereocenters. The number of nitrogens with one attached hydrogen (secondary N) is 1. The molecule has 2 N–H and O–H groups in total. The van der Waals surface area contributed by atoms with Gasteiger partial charge in [-0.25, -0.2) is 8.78 Å². The van der Waals surface area contributed by atoms with Gasteiger partial charge < -0.3 is 5.11 Å². The van der Waals surface area contributed by atoms with Crippen molar-refractivity contribution in [2.24, 2.45) is 0 Å². The molecular formula is C6H8F2N2O. The van der Waals surface area contributed by atoms with Crippen LogP contribution in [-0.4, -0.2) is 27.8 Å². The molecule has 1 rings (SSSR count). The molecule has 5 heteroatoms. The predicted molar refractivity (Wildman–Crippen MR) is 34.3 cm³/mol. The van der Waals surface area contributed by atoms with Gasteiger partial charge in [-0.2, -0.15) is 5.10 Å². The molecule has 0 aliphatic carbocycles. The van der Waals surface area contributed by atoms with E-state index in [0.29, 0.717) is 5.69 Å². The molecule has 1 aromatic rings. The first-order chi connectivity index (χ1) is 5.20. The van der Waals surface area contributed by atoms with Crippen molar-refractivity contribution < 1.29 is 13.9 Å².